The molecule has 3 aromatic carbocycles. The third-order valence-electron chi connectivity index (χ3n) is 6.31. The minimum Gasteiger partial charge on any atom is -0.438 e. The number of benzene rings is 3. The second-order valence-corrected chi connectivity index (χ2v) is 9.67. The molecule has 1 aliphatic heterocycles. The molecule has 0 aromatic heterocycles. The molecule has 0 spiro atoms. The predicted octanol–water partition coefficient (Wildman–Crippen LogP) is 5.24. The molecule has 0 bridgehead atoms. The predicted molar refractivity (Wildman–Crippen MR) is 137 cm³/mol. The maximum absolute atomic E-state index is 13.3. The van der Waals surface area contributed by atoms with E-state index in [2.05, 4.69) is 10.6 Å². The Bertz CT molecular complexity index is 1310. The molecule has 1 aliphatic carbocycles. The van der Waals surface area contributed by atoms with E-state index in [0.29, 0.717) is 21.8 Å². The molecular formula is C28H26ClN3O4. The second-order valence-electron chi connectivity index (χ2n) is 9.24. The van der Waals surface area contributed by atoms with Crippen LogP contribution < -0.4 is 10.6 Å². The van der Waals surface area contributed by atoms with Gasteiger partial charge in [-0.3, -0.25) is 14.5 Å². The van der Waals surface area contributed by atoms with Crippen molar-refractivity contribution in [2.75, 3.05) is 5.32 Å². The average molecular weight is 504 g/mol. The topological polar surface area (TPSA) is 87.7 Å². The van der Waals surface area contributed by atoms with E-state index in [-0.39, 0.29) is 24.4 Å². The zero-order valence-electron chi connectivity index (χ0n) is 19.7. The first-order valence-corrected chi connectivity index (χ1v) is 12.3. The normalized spacial score (nSPS) is 19.1. The Balaban J connectivity index is 1.40. The van der Waals surface area contributed by atoms with Gasteiger partial charge in [0.2, 0.25) is 5.91 Å². The van der Waals surface area contributed by atoms with Crippen molar-refractivity contribution >= 4 is 35.2 Å². The van der Waals surface area contributed by atoms with Gasteiger partial charge in [-0.1, -0.05) is 59.6 Å². The minimum absolute atomic E-state index is 0.137. The number of amides is 3. The third-order valence-corrected chi connectivity index (χ3v) is 6.55. The first kappa shape index (κ1) is 23.9. The average Bonchev–Trinajstić information content (AvgIpc) is 3.62. The molecule has 1 heterocycles. The van der Waals surface area contributed by atoms with Crippen molar-refractivity contribution in [2.45, 2.75) is 44.5 Å². The lowest BCUT2D eigenvalue weighted by Crippen LogP contribution is -2.46. The highest BCUT2D eigenvalue weighted by molar-refractivity contribution is 6.31. The highest BCUT2D eigenvalue weighted by atomic mass is 35.5. The number of nitrogens with zero attached hydrogens (tertiary/aromatic N) is 1. The summed E-state index contributed by atoms with van der Waals surface area (Å²) >= 11 is 6.01. The van der Waals surface area contributed by atoms with Crippen LogP contribution in [0.4, 0.5) is 10.5 Å². The van der Waals surface area contributed by atoms with Crippen LogP contribution in [-0.2, 0) is 16.1 Å². The maximum Gasteiger partial charge on any atom is 0.411 e. The van der Waals surface area contributed by atoms with Gasteiger partial charge in [0.25, 0.3) is 5.91 Å². The number of hydrogen-bond donors (Lipinski definition) is 2. The highest BCUT2D eigenvalue weighted by Gasteiger charge is 2.48. The van der Waals surface area contributed by atoms with Crippen LogP contribution in [0.15, 0.2) is 72.8 Å². The number of rotatable bonds is 7. The summed E-state index contributed by atoms with van der Waals surface area (Å²) in [5, 5.41) is 6.34. The summed E-state index contributed by atoms with van der Waals surface area (Å²) in [7, 11) is 0. The van der Waals surface area contributed by atoms with Gasteiger partial charge in [0.15, 0.2) is 12.1 Å². The number of ether oxygens (including phenoxy) is 1. The highest BCUT2D eigenvalue weighted by Crippen LogP contribution is 2.36. The molecule has 0 radical (unpaired) electrons. The number of anilines is 1. The lowest BCUT2D eigenvalue weighted by atomic mass is 10.00. The van der Waals surface area contributed by atoms with E-state index in [1.165, 1.54) is 4.90 Å². The Labute approximate surface area is 214 Å². The fourth-order valence-corrected chi connectivity index (χ4v) is 4.43. The summed E-state index contributed by atoms with van der Waals surface area (Å²) in [6, 6.07) is 20.8. The van der Waals surface area contributed by atoms with E-state index in [1.54, 1.807) is 48.5 Å². The van der Waals surface area contributed by atoms with Crippen LogP contribution in [0.25, 0.3) is 0 Å². The molecule has 1 saturated carbocycles. The smallest absolute Gasteiger partial charge is 0.411 e. The van der Waals surface area contributed by atoms with Crippen LogP contribution in [0.2, 0.25) is 5.02 Å². The van der Waals surface area contributed by atoms with E-state index >= 15 is 0 Å². The molecule has 184 valence electrons. The lowest BCUT2D eigenvalue weighted by molar-refractivity contribution is -0.126. The van der Waals surface area contributed by atoms with Crippen molar-refractivity contribution in [1.29, 1.82) is 0 Å². The van der Waals surface area contributed by atoms with Crippen molar-refractivity contribution in [3.8, 4) is 0 Å². The number of cyclic esters (lactones) is 1. The van der Waals surface area contributed by atoms with Crippen LogP contribution in [0.5, 0.6) is 0 Å². The third kappa shape index (κ3) is 5.36. The van der Waals surface area contributed by atoms with Gasteiger partial charge in [-0.2, -0.15) is 0 Å². The summed E-state index contributed by atoms with van der Waals surface area (Å²) in [5.74, 6) is -0.559. The van der Waals surface area contributed by atoms with Gasteiger partial charge in [-0.25, -0.2) is 4.79 Å². The zero-order chi connectivity index (χ0) is 25.2. The number of hydrogen-bond acceptors (Lipinski definition) is 4. The quantitative estimate of drug-likeness (QED) is 0.461. The van der Waals surface area contributed by atoms with E-state index in [0.717, 1.165) is 24.0 Å². The van der Waals surface area contributed by atoms with Gasteiger partial charge >= 0.3 is 6.09 Å². The Morgan fingerprint density at radius 1 is 1.03 bits per heavy atom. The number of carbonyl (C=O) groups excluding carboxylic acids is 3. The molecule has 2 atom stereocenters. The molecule has 8 heteroatoms. The number of aryl methyl sites for hydroxylation is 1. The summed E-state index contributed by atoms with van der Waals surface area (Å²) in [5.41, 5.74) is 3.58. The van der Waals surface area contributed by atoms with E-state index < -0.39 is 18.2 Å². The summed E-state index contributed by atoms with van der Waals surface area (Å²) in [4.78, 5) is 40.4. The molecule has 7 nitrogen and oxygen atoms in total. The standard InChI is InChI=1S/C28H26ClN3O4/c1-17-8-10-18(11-9-17)16-32-24(27(34)30-22-12-13-22)25(36-28(32)35)19-4-3-7-23(15-19)31-26(33)20-5-2-6-21(29)14-20/h2-11,14-15,22,24-25H,12-13,16H2,1H3,(H,30,34)(H,31,33). The molecular weight excluding hydrogens is 478 g/mol. The van der Waals surface area contributed by atoms with Crippen LogP contribution in [-0.4, -0.2) is 34.9 Å². The van der Waals surface area contributed by atoms with Crippen molar-refractivity contribution in [1.82, 2.24) is 10.2 Å². The van der Waals surface area contributed by atoms with Gasteiger partial charge in [-0.05, 0) is 61.2 Å². The maximum atomic E-state index is 13.3. The number of halogens is 1. The van der Waals surface area contributed by atoms with E-state index in [1.807, 2.05) is 31.2 Å². The summed E-state index contributed by atoms with van der Waals surface area (Å²) in [6.45, 7) is 2.25. The molecule has 3 amide bonds. The van der Waals surface area contributed by atoms with Crippen molar-refractivity contribution in [3.63, 3.8) is 0 Å². The van der Waals surface area contributed by atoms with Crippen molar-refractivity contribution < 1.29 is 19.1 Å². The monoisotopic (exact) mass is 503 g/mol. The fraction of sp³-hybridized carbons (Fsp3) is 0.250. The summed E-state index contributed by atoms with van der Waals surface area (Å²) in [6.07, 6.45) is 0.497. The number of nitrogens with one attached hydrogen (secondary N) is 2. The Hall–Kier alpha value is -3.84. The molecule has 1 saturated heterocycles. The molecule has 2 fully saturated rings. The van der Waals surface area contributed by atoms with E-state index in [4.69, 9.17) is 16.3 Å². The summed E-state index contributed by atoms with van der Waals surface area (Å²) < 4.78 is 5.75. The molecule has 3 aromatic rings. The van der Waals surface area contributed by atoms with Gasteiger partial charge < -0.3 is 15.4 Å². The van der Waals surface area contributed by atoms with Crippen molar-refractivity contribution in [2.24, 2.45) is 0 Å². The molecule has 2 aliphatic rings. The van der Waals surface area contributed by atoms with Crippen molar-refractivity contribution in [3.05, 3.63) is 100 Å². The zero-order valence-corrected chi connectivity index (χ0v) is 20.5. The Kier molecular flexibility index (Phi) is 6.65. The minimum atomic E-state index is -0.835. The van der Waals surface area contributed by atoms with Gasteiger partial charge in [0.1, 0.15) is 0 Å². The lowest BCUT2D eigenvalue weighted by Gasteiger charge is -2.24. The van der Waals surface area contributed by atoms with Gasteiger partial charge in [-0.15, -0.1) is 0 Å². The fourth-order valence-electron chi connectivity index (χ4n) is 4.24. The Morgan fingerprint density at radius 3 is 2.50 bits per heavy atom. The second kappa shape index (κ2) is 10.0. The molecule has 36 heavy (non-hydrogen) atoms. The van der Waals surface area contributed by atoms with Crippen LogP contribution >= 0.6 is 11.6 Å². The van der Waals surface area contributed by atoms with Crippen LogP contribution in [0.1, 0.15) is 46.0 Å². The van der Waals surface area contributed by atoms with Gasteiger partial charge in [0, 0.05) is 22.3 Å². The molecule has 2 unspecified atom stereocenters. The largest absolute Gasteiger partial charge is 0.438 e. The molecule has 5 rings (SSSR count). The first-order valence-electron chi connectivity index (χ1n) is 11.9. The van der Waals surface area contributed by atoms with E-state index in [9.17, 15) is 14.4 Å². The Morgan fingerprint density at radius 2 is 1.78 bits per heavy atom. The van der Waals surface area contributed by atoms with Gasteiger partial charge in [0.05, 0.1) is 6.54 Å². The first-order chi connectivity index (χ1) is 17.4. The van der Waals surface area contributed by atoms with Crippen LogP contribution in [0, 0.1) is 6.92 Å². The number of carbonyl (C=O) groups is 3. The molecule has 2 N–H and O–H groups in total. The SMILES string of the molecule is Cc1ccc(CN2C(=O)OC(c3cccc(NC(=O)c4cccc(Cl)c4)c3)C2C(=O)NC2CC2)cc1. The van der Waals surface area contributed by atoms with Crippen LogP contribution in [0.3, 0.4) is 0 Å².